The summed E-state index contributed by atoms with van der Waals surface area (Å²) in [6.07, 6.45) is 0. The first-order valence-corrected chi connectivity index (χ1v) is 7.14. The molecule has 0 spiro atoms. The molecule has 0 fully saturated rings. The molecule has 0 aromatic heterocycles. The monoisotopic (exact) mass is 282 g/mol. The number of rotatable bonds is 4. The van der Waals surface area contributed by atoms with E-state index in [-0.39, 0.29) is 12.5 Å². The van der Waals surface area contributed by atoms with Gasteiger partial charge in [0.2, 0.25) is 5.91 Å². The number of carbonyl (C=O) groups is 1. The summed E-state index contributed by atoms with van der Waals surface area (Å²) in [6, 6.07) is 12.0. The highest BCUT2D eigenvalue weighted by atomic mass is 16.1. The zero-order chi connectivity index (χ0) is 15.4. The second-order valence-electron chi connectivity index (χ2n) is 5.49. The molecule has 0 unspecified atom stereocenters. The van der Waals surface area contributed by atoms with Crippen LogP contribution in [0.3, 0.4) is 0 Å². The summed E-state index contributed by atoms with van der Waals surface area (Å²) in [6.45, 7) is 8.44. The summed E-state index contributed by atoms with van der Waals surface area (Å²) in [5, 5.41) is 6.17. The van der Waals surface area contributed by atoms with Crippen molar-refractivity contribution in [3.8, 4) is 0 Å². The van der Waals surface area contributed by atoms with Crippen molar-refractivity contribution in [3.63, 3.8) is 0 Å². The Labute approximate surface area is 126 Å². The molecule has 2 N–H and O–H groups in total. The normalized spacial score (nSPS) is 10.3. The Balaban J connectivity index is 2.01. The van der Waals surface area contributed by atoms with Crippen LogP contribution in [0.2, 0.25) is 0 Å². The van der Waals surface area contributed by atoms with E-state index in [1.165, 1.54) is 5.56 Å². The van der Waals surface area contributed by atoms with E-state index in [4.69, 9.17) is 0 Å². The molecule has 3 nitrogen and oxygen atoms in total. The Kier molecular flexibility index (Phi) is 4.63. The number of para-hydroxylation sites is 1. The van der Waals surface area contributed by atoms with Crippen LogP contribution in [0.15, 0.2) is 36.4 Å². The summed E-state index contributed by atoms with van der Waals surface area (Å²) >= 11 is 0. The Morgan fingerprint density at radius 2 is 1.57 bits per heavy atom. The van der Waals surface area contributed by atoms with Gasteiger partial charge in [0.15, 0.2) is 0 Å². The zero-order valence-electron chi connectivity index (χ0n) is 13.1. The van der Waals surface area contributed by atoms with Gasteiger partial charge in [0.05, 0.1) is 6.54 Å². The van der Waals surface area contributed by atoms with Crippen LogP contribution in [-0.2, 0) is 4.79 Å². The third kappa shape index (κ3) is 3.85. The second kappa shape index (κ2) is 6.44. The Bertz CT molecular complexity index is 639. The van der Waals surface area contributed by atoms with Crippen molar-refractivity contribution in [1.82, 2.24) is 0 Å². The lowest BCUT2D eigenvalue weighted by molar-refractivity contribution is -0.114. The number of carbonyl (C=O) groups excluding carboxylic acids is 1. The van der Waals surface area contributed by atoms with Gasteiger partial charge in [-0.25, -0.2) is 0 Å². The van der Waals surface area contributed by atoms with E-state index in [9.17, 15) is 4.79 Å². The maximum absolute atomic E-state index is 12.1. The molecule has 0 aliphatic rings. The number of nitrogens with one attached hydrogen (secondary N) is 2. The molecule has 0 aliphatic heterocycles. The number of hydrogen-bond donors (Lipinski definition) is 2. The molecule has 21 heavy (non-hydrogen) atoms. The summed E-state index contributed by atoms with van der Waals surface area (Å²) in [4.78, 5) is 12.1. The molecule has 0 aliphatic carbocycles. The van der Waals surface area contributed by atoms with Crippen molar-refractivity contribution in [1.29, 1.82) is 0 Å². The van der Waals surface area contributed by atoms with Crippen LogP contribution in [-0.4, -0.2) is 12.5 Å². The molecular weight excluding hydrogens is 260 g/mol. The van der Waals surface area contributed by atoms with Crippen LogP contribution in [0, 0.1) is 27.7 Å². The van der Waals surface area contributed by atoms with Gasteiger partial charge in [-0.2, -0.15) is 0 Å². The zero-order valence-corrected chi connectivity index (χ0v) is 13.1. The highest BCUT2D eigenvalue weighted by molar-refractivity contribution is 5.94. The second-order valence-corrected chi connectivity index (χ2v) is 5.49. The van der Waals surface area contributed by atoms with E-state index in [2.05, 4.69) is 43.5 Å². The van der Waals surface area contributed by atoms with Gasteiger partial charge in [0, 0.05) is 11.4 Å². The molecule has 0 atom stereocenters. The molecule has 0 radical (unpaired) electrons. The number of amides is 1. The number of benzene rings is 2. The first-order valence-electron chi connectivity index (χ1n) is 7.14. The van der Waals surface area contributed by atoms with Gasteiger partial charge in [0.25, 0.3) is 0 Å². The molecule has 110 valence electrons. The summed E-state index contributed by atoms with van der Waals surface area (Å²) < 4.78 is 0. The number of aryl methyl sites for hydroxylation is 4. The predicted molar refractivity (Wildman–Crippen MR) is 89.0 cm³/mol. The fraction of sp³-hybridized carbons (Fsp3) is 0.278. The molecule has 2 aromatic rings. The van der Waals surface area contributed by atoms with Gasteiger partial charge in [-0.3, -0.25) is 4.79 Å². The van der Waals surface area contributed by atoms with Crippen LogP contribution < -0.4 is 10.6 Å². The topological polar surface area (TPSA) is 41.1 Å². The van der Waals surface area contributed by atoms with Crippen LogP contribution >= 0.6 is 0 Å². The van der Waals surface area contributed by atoms with Crippen molar-refractivity contribution < 1.29 is 4.79 Å². The molecule has 2 rings (SSSR count). The molecule has 0 bridgehead atoms. The number of hydrogen-bond acceptors (Lipinski definition) is 2. The van der Waals surface area contributed by atoms with Gasteiger partial charge in [-0.1, -0.05) is 35.9 Å². The minimum Gasteiger partial charge on any atom is -0.376 e. The van der Waals surface area contributed by atoms with Gasteiger partial charge in [0.1, 0.15) is 0 Å². The maximum Gasteiger partial charge on any atom is 0.243 e. The first-order chi connectivity index (χ1) is 9.97. The predicted octanol–water partition coefficient (Wildman–Crippen LogP) is 3.97. The van der Waals surface area contributed by atoms with Crippen molar-refractivity contribution in [2.45, 2.75) is 27.7 Å². The molecule has 0 saturated heterocycles. The minimum absolute atomic E-state index is 0.0383. The van der Waals surface area contributed by atoms with Gasteiger partial charge in [-0.15, -0.1) is 0 Å². The lowest BCUT2D eigenvalue weighted by Gasteiger charge is -2.14. The van der Waals surface area contributed by atoms with Crippen LogP contribution in [0.4, 0.5) is 11.4 Å². The van der Waals surface area contributed by atoms with Gasteiger partial charge >= 0.3 is 0 Å². The fourth-order valence-corrected chi connectivity index (χ4v) is 2.54. The summed E-state index contributed by atoms with van der Waals surface area (Å²) in [7, 11) is 0. The van der Waals surface area contributed by atoms with E-state index >= 15 is 0 Å². The summed E-state index contributed by atoms with van der Waals surface area (Å²) in [5.74, 6) is -0.0383. The lowest BCUT2D eigenvalue weighted by atomic mass is 10.1. The smallest absolute Gasteiger partial charge is 0.243 e. The summed E-state index contributed by atoms with van der Waals surface area (Å²) in [5.41, 5.74) is 6.53. The average molecular weight is 282 g/mol. The third-order valence-corrected chi connectivity index (χ3v) is 3.52. The highest BCUT2D eigenvalue weighted by Crippen LogP contribution is 2.21. The van der Waals surface area contributed by atoms with Crippen LogP contribution in [0.5, 0.6) is 0 Å². The Morgan fingerprint density at radius 3 is 2.19 bits per heavy atom. The van der Waals surface area contributed by atoms with Crippen molar-refractivity contribution >= 4 is 17.3 Å². The molecule has 0 saturated carbocycles. The minimum atomic E-state index is -0.0383. The Morgan fingerprint density at radius 1 is 0.952 bits per heavy atom. The largest absolute Gasteiger partial charge is 0.376 e. The fourth-order valence-electron chi connectivity index (χ4n) is 2.54. The highest BCUT2D eigenvalue weighted by Gasteiger charge is 2.07. The van der Waals surface area contributed by atoms with Crippen LogP contribution in [0.1, 0.15) is 22.3 Å². The first kappa shape index (κ1) is 15.1. The molecule has 0 heterocycles. The average Bonchev–Trinajstić information content (AvgIpc) is 2.40. The lowest BCUT2D eigenvalue weighted by Crippen LogP contribution is -2.22. The molecular formula is C18H22N2O. The van der Waals surface area contributed by atoms with Crippen molar-refractivity contribution in [2.24, 2.45) is 0 Å². The van der Waals surface area contributed by atoms with E-state index in [0.29, 0.717) is 0 Å². The van der Waals surface area contributed by atoms with E-state index in [1.54, 1.807) is 0 Å². The van der Waals surface area contributed by atoms with Crippen molar-refractivity contribution in [3.05, 3.63) is 58.7 Å². The SMILES string of the molecule is Cc1cc(C)c(NCC(=O)Nc2ccccc2C)c(C)c1. The molecule has 3 heteroatoms. The number of anilines is 2. The van der Waals surface area contributed by atoms with E-state index < -0.39 is 0 Å². The van der Waals surface area contributed by atoms with E-state index in [0.717, 1.165) is 28.1 Å². The van der Waals surface area contributed by atoms with E-state index in [1.807, 2.05) is 31.2 Å². The van der Waals surface area contributed by atoms with Gasteiger partial charge in [-0.05, 0) is 50.5 Å². The Hall–Kier alpha value is -2.29. The quantitative estimate of drug-likeness (QED) is 0.891. The third-order valence-electron chi connectivity index (χ3n) is 3.52. The maximum atomic E-state index is 12.1. The van der Waals surface area contributed by atoms with Crippen molar-refractivity contribution in [2.75, 3.05) is 17.2 Å². The van der Waals surface area contributed by atoms with Gasteiger partial charge < -0.3 is 10.6 Å². The standard InChI is InChI=1S/C18H22N2O/c1-12-9-14(3)18(15(4)10-12)19-11-17(21)20-16-8-6-5-7-13(16)2/h5-10,19H,11H2,1-4H3,(H,20,21). The van der Waals surface area contributed by atoms with Crippen LogP contribution in [0.25, 0.3) is 0 Å². The molecule has 1 amide bonds. The molecule has 2 aromatic carbocycles.